The predicted octanol–water partition coefficient (Wildman–Crippen LogP) is 3.37. The Hall–Kier alpha value is -2.39. The fraction of sp³-hybridized carbons (Fsp3) is 0.550. The summed E-state index contributed by atoms with van der Waals surface area (Å²) >= 11 is 0. The monoisotopic (exact) mass is 356 g/mol. The van der Waals surface area contributed by atoms with Gasteiger partial charge in [-0.05, 0) is 31.0 Å². The van der Waals surface area contributed by atoms with E-state index in [4.69, 9.17) is 11.4 Å². The van der Waals surface area contributed by atoms with Gasteiger partial charge in [0.25, 0.3) is 0 Å². The van der Waals surface area contributed by atoms with E-state index in [0.29, 0.717) is 31.3 Å². The summed E-state index contributed by atoms with van der Waals surface area (Å²) in [7, 11) is 1.85. The average Bonchev–Trinajstić information content (AvgIpc) is 2.66. The molecular weight excluding hydrogens is 328 g/mol. The van der Waals surface area contributed by atoms with Crippen LogP contribution >= 0.6 is 0 Å². The molecule has 1 aromatic carbocycles. The van der Waals surface area contributed by atoms with E-state index < -0.39 is 0 Å². The van der Waals surface area contributed by atoms with E-state index in [1.165, 1.54) is 0 Å². The Bertz CT molecular complexity index is 669. The normalized spacial score (nSPS) is 15.5. The van der Waals surface area contributed by atoms with Crippen molar-refractivity contribution >= 4 is 17.3 Å². The zero-order valence-electron chi connectivity index (χ0n) is 15.9. The second kappa shape index (κ2) is 9.93. The van der Waals surface area contributed by atoms with Crippen molar-refractivity contribution in [2.24, 2.45) is 11.1 Å². The molecule has 1 fully saturated rings. The predicted molar refractivity (Wildman–Crippen MR) is 103 cm³/mol. The number of likely N-dealkylation sites (tertiary alicyclic amines) is 1. The summed E-state index contributed by atoms with van der Waals surface area (Å²) in [6.07, 6.45) is 2.33. The van der Waals surface area contributed by atoms with Crippen molar-refractivity contribution < 1.29 is 9.63 Å². The van der Waals surface area contributed by atoms with Crippen molar-refractivity contribution in [2.45, 2.75) is 45.8 Å². The van der Waals surface area contributed by atoms with Gasteiger partial charge in [0.15, 0.2) is 5.69 Å². The van der Waals surface area contributed by atoms with E-state index in [0.717, 1.165) is 30.5 Å². The van der Waals surface area contributed by atoms with Crippen LogP contribution in [0.2, 0.25) is 0 Å². The Morgan fingerprint density at radius 1 is 1.38 bits per heavy atom. The Morgan fingerprint density at radius 2 is 2.12 bits per heavy atom. The van der Waals surface area contributed by atoms with E-state index >= 15 is 0 Å². The Labute approximate surface area is 156 Å². The van der Waals surface area contributed by atoms with Crippen molar-refractivity contribution in [3.8, 4) is 0 Å². The minimum Gasteiger partial charge on any atom is -0.391 e. The van der Waals surface area contributed by atoms with Crippen LogP contribution in [0.5, 0.6) is 0 Å². The molecule has 1 heterocycles. The number of carbonyl (C=O) groups is 1. The van der Waals surface area contributed by atoms with E-state index in [9.17, 15) is 4.79 Å². The summed E-state index contributed by atoms with van der Waals surface area (Å²) in [5.41, 5.74) is 2.52. The largest absolute Gasteiger partial charge is 0.391 e. The van der Waals surface area contributed by atoms with Gasteiger partial charge >= 0.3 is 0 Å². The molecule has 1 amide bonds. The second-order valence-electron chi connectivity index (χ2n) is 7.01. The highest BCUT2D eigenvalue weighted by Crippen LogP contribution is 2.16. The maximum atomic E-state index is 12.6. The molecule has 1 aliphatic rings. The number of piperidine rings is 1. The molecule has 140 valence electrons. The first-order valence-corrected chi connectivity index (χ1v) is 9.13. The third-order valence-corrected chi connectivity index (χ3v) is 4.47. The molecule has 1 saturated heterocycles. The second-order valence-corrected chi connectivity index (χ2v) is 7.01. The molecule has 6 heteroatoms. The van der Waals surface area contributed by atoms with E-state index in [-0.39, 0.29) is 11.9 Å². The van der Waals surface area contributed by atoms with Crippen LogP contribution < -0.4 is 5.32 Å². The molecule has 6 nitrogen and oxygen atoms in total. The summed E-state index contributed by atoms with van der Waals surface area (Å²) in [6.45, 7) is 13.0. The van der Waals surface area contributed by atoms with Gasteiger partial charge in [-0.1, -0.05) is 37.2 Å². The number of hydrogen-bond donors (Lipinski definition) is 1. The van der Waals surface area contributed by atoms with Crippen LogP contribution in [0, 0.1) is 12.5 Å². The minimum atomic E-state index is -0.112. The molecule has 0 unspecified atom stereocenters. The Morgan fingerprint density at radius 3 is 2.73 bits per heavy atom. The Balaban J connectivity index is 1.81. The number of likely N-dealkylation sites (N-methyl/N-ethyl adjacent to an activating group) is 1. The lowest BCUT2D eigenvalue weighted by molar-refractivity contribution is -0.133. The highest BCUT2D eigenvalue weighted by molar-refractivity contribution is 5.88. The molecule has 0 bridgehead atoms. The summed E-state index contributed by atoms with van der Waals surface area (Å²) < 4.78 is 0. The lowest BCUT2D eigenvalue weighted by Crippen LogP contribution is -2.48. The number of oxime groups is 1. The number of hydrogen-bond acceptors (Lipinski definition) is 4. The molecule has 0 aliphatic carbocycles. The molecule has 1 N–H and O–H groups in total. The first kappa shape index (κ1) is 19.9. The van der Waals surface area contributed by atoms with Crippen molar-refractivity contribution in [2.75, 3.05) is 20.1 Å². The van der Waals surface area contributed by atoms with Gasteiger partial charge in [-0.2, -0.15) is 0 Å². The highest BCUT2D eigenvalue weighted by Gasteiger charge is 2.26. The zero-order chi connectivity index (χ0) is 18.9. The van der Waals surface area contributed by atoms with Gasteiger partial charge in [0.05, 0.1) is 18.3 Å². The maximum Gasteiger partial charge on any atom is 0.239 e. The van der Waals surface area contributed by atoms with Gasteiger partial charge in [0.2, 0.25) is 5.91 Å². The van der Waals surface area contributed by atoms with Crippen LogP contribution in [0.25, 0.3) is 4.85 Å². The van der Waals surface area contributed by atoms with E-state index in [2.05, 4.69) is 29.2 Å². The Kier molecular flexibility index (Phi) is 7.61. The molecule has 2 rings (SSSR count). The summed E-state index contributed by atoms with van der Waals surface area (Å²) in [6, 6.07) is 7.23. The van der Waals surface area contributed by atoms with Gasteiger partial charge in [0, 0.05) is 25.9 Å². The fourth-order valence-electron chi connectivity index (χ4n) is 3.02. The lowest BCUT2D eigenvalue weighted by Gasteiger charge is -2.31. The van der Waals surface area contributed by atoms with Crippen LogP contribution in [0.3, 0.4) is 0 Å². The minimum absolute atomic E-state index is 0.112. The third kappa shape index (κ3) is 5.85. The molecule has 0 saturated carbocycles. The summed E-state index contributed by atoms with van der Waals surface area (Å²) in [5, 5.41) is 7.36. The van der Waals surface area contributed by atoms with Crippen LogP contribution in [0.1, 0.15) is 38.7 Å². The quantitative estimate of drug-likeness (QED) is 0.602. The number of amides is 1. The molecule has 1 aliphatic heterocycles. The molecule has 1 aromatic rings. The first-order chi connectivity index (χ1) is 12.5. The topological polar surface area (TPSA) is 58.3 Å². The average molecular weight is 356 g/mol. The summed E-state index contributed by atoms with van der Waals surface area (Å²) in [4.78, 5) is 23.4. The van der Waals surface area contributed by atoms with Crippen molar-refractivity contribution in [1.29, 1.82) is 0 Å². The van der Waals surface area contributed by atoms with E-state index in [1.54, 1.807) is 12.1 Å². The van der Waals surface area contributed by atoms with Gasteiger partial charge < -0.3 is 15.1 Å². The van der Waals surface area contributed by atoms with Crippen molar-refractivity contribution in [3.63, 3.8) is 0 Å². The molecule has 1 atom stereocenters. The first-order valence-electron chi connectivity index (χ1n) is 9.13. The molecule has 26 heavy (non-hydrogen) atoms. The standard InChI is InChI=1S/C20H28N4O2/c1-15(2)12-19(22-4)20(25)24-10-8-17(9-11-24)23-26-14-16-6-5-7-18(13-16)21-3/h5-7,13,15,19,22H,8-12,14H2,1-2,4H3/t19-/m0/s1. The number of nitrogens with zero attached hydrogens (tertiary/aromatic N) is 3. The van der Waals surface area contributed by atoms with Gasteiger partial charge in [0.1, 0.15) is 6.61 Å². The fourth-order valence-corrected chi connectivity index (χ4v) is 3.02. The molecular formula is C20H28N4O2. The van der Waals surface area contributed by atoms with Crippen molar-refractivity contribution in [3.05, 3.63) is 41.2 Å². The van der Waals surface area contributed by atoms with Crippen LogP contribution in [-0.2, 0) is 16.2 Å². The zero-order valence-corrected chi connectivity index (χ0v) is 15.9. The van der Waals surface area contributed by atoms with Crippen LogP contribution in [0.15, 0.2) is 29.4 Å². The number of carbonyl (C=O) groups excluding carboxylic acids is 1. The third-order valence-electron chi connectivity index (χ3n) is 4.47. The van der Waals surface area contributed by atoms with Crippen LogP contribution in [0.4, 0.5) is 5.69 Å². The maximum absolute atomic E-state index is 12.6. The van der Waals surface area contributed by atoms with E-state index in [1.807, 2.05) is 24.1 Å². The number of benzene rings is 1. The molecule has 0 spiro atoms. The lowest BCUT2D eigenvalue weighted by atomic mass is 10.0. The number of rotatable bonds is 7. The van der Waals surface area contributed by atoms with Gasteiger partial charge in [-0.15, -0.1) is 0 Å². The molecule has 0 radical (unpaired) electrons. The molecule has 0 aromatic heterocycles. The SMILES string of the molecule is [C-]#[N+]c1cccc(CON=C2CCN(C(=O)[C@H](CC(C)C)NC)CC2)c1. The smallest absolute Gasteiger partial charge is 0.239 e. The highest BCUT2D eigenvalue weighted by atomic mass is 16.6. The summed E-state index contributed by atoms with van der Waals surface area (Å²) in [5.74, 6) is 0.658. The van der Waals surface area contributed by atoms with Crippen molar-refractivity contribution in [1.82, 2.24) is 10.2 Å². The van der Waals surface area contributed by atoms with Gasteiger partial charge in [-0.25, -0.2) is 4.85 Å². The number of nitrogens with one attached hydrogen (secondary N) is 1. The van der Waals surface area contributed by atoms with Crippen LogP contribution in [-0.4, -0.2) is 42.7 Å². The van der Waals surface area contributed by atoms with Gasteiger partial charge in [-0.3, -0.25) is 4.79 Å².